The molecule has 0 saturated carbocycles. The number of phenolic OH excluding ortho intramolecular Hbond substituents is 1. The lowest BCUT2D eigenvalue weighted by Gasteiger charge is -2.36. The molecule has 5 nitrogen and oxygen atoms in total. The molecule has 1 aliphatic rings. The molecule has 1 saturated heterocycles. The number of amides is 1. The Kier molecular flexibility index (Phi) is 5.12. The van der Waals surface area contributed by atoms with Crippen molar-refractivity contribution in [1.82, 2.24) is 4.90 Å². The van der Waals surface area contributed by atoms with E-state index in [9.17, 15) is 9.90 Å². The van der Waals surface area contributed by atoms with Gasteiger partial charge in [0.2, 0.25) is 0 Å². The Labute approximate surface area is 148 Å². The third kappa shape index (κ3) is 3.71. The molecule has 2 aromatic carbocycles. The molecule has 25 heavy (non-hydrogen) atoms. The minimum atomic E-state index is -0.112. The number of carbonyl (C=O) groups is 1. The predicted molar refractivity (Wildman–Crippen MR) is 98.6 cm³/mol. The number of carbonyl (C=O) groups excluding carboxylic acids is 1. The molecule has 1 amide bonds. The zero-order valence-electron chi connectivity index (χ0n) is 14.7. The molecule has 0 aromatic heterocycles. The van der Waals surface area contributed by atoms with Gasteiger partial charge in [-0.15, -0.1) is 0 Å². The Morgan fingerprint density at radius 3 is 2.56 bits per heavy atom. The first-order chi connectivity index (χ1) is 12.1. The Hall–Kier alpha value is -2.69. The van der Waals surface area contributed by atoms with Crippen LogP contribution in [0.3, 0.4) is 0 Å². The number of benzene rings is 2. The number of rotatable bonds is 4. The maximum absolute atomic E-state index is 12.7. The van der Waals surface area contributed by atoms with Crippen molar-refractivity contribution in [2.75, 3.05) is 37.7 Å². The highest BCUT2D eigenvalue weighted by Crippen LogP contribution is 2.29. The van der Waals surface area contributed by atoms with Crippen LogP contribution >= 0.6 is 0 Å². The smallest absolute Gasteiger partial charge is 0.257 e. The molecule has 2 aromatic rings. The molecular weight excluding hydrogens is 316 g/mol. The van der Waals surface area contributed by atoms with Gasteiger partial charge >= 0.3 is 0 Å². The lowest BCUT2D eigenvalue weighted by molar-refractivity contribution is 0.0743. The molecule has 0 bridgehead atoms. The molecule has 5 heteroatoms. The van der Waals surface area contributed by atoms with Crippen LogP contribution in [0.4, 0.5) is 5.69 Å². The van der Waals surface area contributed by atoms with Gasteiger partial charge in [0.1, 0.15) is 11.5 Å². The summed E-state index contributed by atoms with van der Waals surface area (Å²) in [5, 5.41) is 9.99. The number of phenols is 1. The largest absolute Gasteiger partial charge is 0.507 e. The molecule has 0 radical (unpaired) electrons. The molecule has 0 spiro atoms. The monoisotopic (exact) mass is 340 g/mol. The number of aromatic hydroxyl groups is 1. The number of para-hydroxylation sites is 2. The van der Waals surface area contributed by atoms with Crippen LogP contribution in [0, 0.1) is 6.92 Å². The quantitative estimate of drug-likeness (QED) is 0.929. The molecule has 1 N–H and O–H groups in total. The van der Waals surface area contributed by atoms with E-state index in [2.05, 4.69) is 11.0 Å². The zero-order valence-corrected chi connectivity index (χ0v) is 14.7. The van der Waals surface area contributed by atoms with Crippen LogP contribution in [0.15, 0.2) is 42.5 Å². The summed E-state index contributed by atoms with van der Waals surface area (Å²) >= 11 is 0. The normalized spacial score (nSPS) is 14.5. The van der Waals surface area contributed by atoms with E-state index in [1.54, 1.807) is 23.1 Å². The number of anilines is 1. The summed E-state index contributed by atoms with van der Waals surface area (Å²) in [4.78, 5) is 16.7. The van der Waals surface area contributed by atoms with Crippen LogP contribution in [-0.2, 0) is 0 Å². The molecule has 132 valence electrons. The minimum Gasteiger partial charge on any atom is -0.507 e. The van der Waals surface area contributed by atoms with E-state index in [4.69, 9.17) is 4.74 Å². The number of nitrogens with zero attached hydrogens (tertiary/aromatic N) is 2. The van der Waals surface area contributed by atoms with Crippen molar-refractivity contribution in [3.63, 3.8) is 0 Å². The lowest BCUT2D eigenvalue weighted by Crippen LogP contribution is -2.48. The first kappa shape index (κ1) is 17.1. The maximum Gasteiger partial charge on any atom is 0.257 e. The van der Waals surface area contributed by atoms with Gasteiger partial charge in [0.15, 0.2) is 0 Å². The van der Waals surface area contributed by atoms with Crippen LogP contribution in [0.1, 0.15) is 22.8 Å². The number of piperazine rings is 1. The van der Waals surface area contributed by atoms with E-state index in [1.807, 2.05) is 32.0 Å². The van der Waals surface area contributed by atoms with E-state index < -0.39 is 0 Å². The van der Waals surface area contributed by atoms with Crippen LogP contribution in [0.5, 0.6) is 11.5 Å². The second kappa shape index (κ2) is 7.47. The van der Waals surface area contributed by atoms with Gasteiger partial charge in [0, 0.05) is 26.2 Å². The van der Waals surface area contributed by atoms with Crippen molar-refractivity contribution in [2.45, 2.75) is 13.8 Å². The predicted octanol–water partition coefficient (Wildman–Crippen LogP) is 3.06. The molecule has 0 unspecified atom stereocenters. The van der Waals surface area contributed by atoms with Gasteiger partial charge in [0.05, 0.1) is 17.9 Å². The Bertz CT molecular complexity index is 752. The average Bonchev–Trinajstić information content (AvgIpc) is 2.64. The van der Waals surface area contributed by atoms with Crippen molar-refractivity contribution in [1.29, 1.82) is 0 Å². The van der Waals surface area contributed by atoms with Gasteiger partial charge in [-0.25, -0.2) is 0 Å². The van der Waals surface area contributed by atoms with Crippen LogP contribution < -0.4 is 9.64 Å². The summed E-state index contributed by atoms with van der Waals surface area (Å²) in [6, 6.07) is 13.1. The third-order valence-electron chi connectivity index (χ3n) is 4.46. The number of aryl methyl sites for hydroxylation is 1. The van der Waals surface area contributed by atoms with Gasteiger partial charge in [0.25, 0.3) is 5.91 Å². The summed E-state index contributed by atoms with van der Waals surface area (Å²) in [5.41, 5.74) is 2.41. The van der Waals surface area contributed by atoms with Crippen molar-refractivity contribution in [3.05, 3.63) is 53.6 Å². The third-order valence-corrected chi connectivity index (χ3v) is 4.46. The summed E-state index contributed by atoms with van der Waals surface area (Å²) in [6.07, 6.45) is 0. The number of hydrogen-bond acceptors (Lipinski definition) is 4. The van der Waals surface area contributed by atoms with Crippen LogP contribution in [-0.4, -0.2) is 48.7 Å². The summed E-state index contributed by atoms with van der Waals surface area (Å²) in [7, 11) is 0. The fraction of sp³-hybridized carbons (Fsp3) is 0.350. The topological polar surface area (TPSA) is 53.0 Å². The van der Waals surface area contributed by atoms with Crippen molar-refractivity contribution >= 4 is 11.6 Å². The molecule has 1 aliphatic heterocycles. The zero-order chi connectivity index (χ0) is 17.8. The van der Waals surface area contributed by atoms with Gasteiger partial charge in [-0.2, -0.15) is 0 Å². The van der Waals surface area contributed by atoms with Gasteiger partial charge in [-0.3, -0.25) is 4.79 Å². The highest BCUT2D eigenvalue weighted by Gasteiger charge is 2.25. The molecule has 1 heterocycles. The van der Waals surface area contributed by atoms with Crippen LogP contribution in [0.2, 0.25) is 0 Å². The Balaban J connectivity index is 1.70. The molecule has 3 rings (SSSR count). The second-order valence-corrected chi connectivity index (χ2v) is 6.20. The standard InChI is InChI=1S/C20H24N2O3/c1-3-25-19-7-5-4-6-17(19)21-10-12-22(13-11-21)20(24)16-14-15(2)8-9-18(16)23/h4-9,14,23H,3,10-13H2,1-2H3. The number of ether oxygens (including phenoxy) is 1. The fourth-order valence-corrected chi connectivity index (χ4v) is 3.14. The fourth-order valence-electron chi connectivity index (χ4n) is 3.14. The lowest BCUT2D eigenvalue weighted by atomic mass is 10.1. The van der Waals surface area contributed by atoms with E-state index in [-0.39, 0.29) is 11.7 Å². The maximum atomic E-state index is 12.7. The first-order valence-electron chi connectivity index (χ1n) is 8.66. The molecule has 1 fully saturated rings. The number of hydrogen-bond donors (Lipinski definition) is 1. The molecular formula is C20H24N2O3. The highest BCUT2D eigenvalue weighted by molar-refractivity contribution is 5.97. The van der Waals surface area contributed by atoms with Crippen molar-refractivity contribution < 1.29 is 14.6 Å². The van der Waals surface area contributed by atoms with Gasteiger partial charge in [-0.05, 0) is 38.1 Å². The van der Waals surface area contributed by atoms with Gasteiger partial charge < -0.3 is 19.6 Å². The summed E-state index contributed by atoms with van der Waals surface area (Å²) < 4.78 is 5.71. The van der Waals surface area contributed by atoms with Gasteiger partial charge in [-0.1, -0.05) is 23.8 Å². The van der Waals surface area contributed by atoms with E-state index in [0.717, 1.165) is 30.1 Å². The van der Waals surface area contributed by atoms with Crippen molar-refractivity contribution in [3.8, 4) is 11.5 Å². The second-order valence-electron chi connectivity index (χ2n) is 6.20. The van der Waals surface area contributed by atoms with Crippen LogP contribution in [0.25, 0.3) is 0 Å². The van der Waals surface area contributed by atoms with E-state index in [1.165, 1.54) is 0 Å². The SMILES string of the molecule is CCOc1ccccc1N1CCN(C(=O)c2cc(C)ccc2O)CC1. The van der Waals surface area contributed by atoms with Crippen molar-refractivity contribution in [2.24, 2.45) is 0 Å². The minimum absolute atomic E-state index is 0.0414. The molecule has 0 atom stereocenters. The Morgan fingerprint density at radius 1 is 1.12 bits per heavy atom. The van der Waals surface area contributed by atoms with E-state index in [0.29, 0.717) is 25.3 Å². The average molecular weight is 340 g/mol. The summed E-state index contributed by atoms with van der Waals surface area (Å²) in [6.45, 7) is 7.23. The molecule has 0 aliphatic carbocycles. The summed E-state index contributed by atoms with van der Waals surface area (Å²) in [5.74, 6) is 0.805. The first-order valence-corrected chi connectivity index (χ1v) is 8.66. The van der Waals surface area contributed by atoms with E-state index >= 15 is 0 Å². The Morgan fingerprint density at radius 2 is 1.84 bits per heavy atom. The highest BCUT2D eigenvalue weighted by atomic mass is 16.5.